The van der Waals surface area contributed by atoms with E-state index in [1.54, 1.807) is 19.1 Å². The standard InChI is InChI=1S/C12H13N5O2S/c1-6-2-3-7(4-8(6)10(18)19)20-5-9-15-11(13)17-12(14)16-9/h2-4H,5H2,1H3,(H,18,19)(H4,13,14,15,16,17). The largest absolute Gasteiger partial charge is 0.478 e. The molecule has 0 aliphatic rings. The molecule has 0 atom stereocenters. The van der Waals surface area contributed by atoms with Crippen molar-refractivity contribution in [3.8, 4) is 0 Å². The number of hydrogen-bond donors (Lipinski definition) is 3. The number of hydrogen-bond acceptors (Lipinski definition) is 7. The molecular weight excluding hydrogens is 278 g/mol. The molecule has 0 fully saturated rings. The van der Waals surface area contributed by atoms with Crippen LogP contribution in [0, 0.1) is 6.92 Å². The average Bonchev–Trinajstić information content (AvgIpc) is 2.36. The summed E-state index contributed by atoms with van der Waals surface area (Å²) in [5, 5.41) is 9.07. The molecule has 1 aromatic carbocycles. The van der Waals surface area contributed by atoms with Gasteiger partial charge in [0.1, 0.15) is 5.82 Å². The highest BCUT2D eigenvalue weighted by atomic mass is 32.2. The molecule has 8 heteroatoms. The van der Waals surface area contributed by atoms with Gasteiger partial charge >= 0.3 is 5.97 Å². The lowest BCUT2D eigenvalue weighted by atomic mass is 10.1. The molecule has 0 saturated heterocycles. The van der Waals surface area contributed by atoms with Gasteiger partial charge in [0.2, 0.25) is 11.9 Å². The molecule has 1 aromatic heterocycles. The number of anilines is 2. The van der Waals surface area contributed by atoms with Gasteiger partial charge in [-0.3, -0.25) is 0 Å². The molecule has 0 unspecified atom stereocenters. The second-order valence-corrected chi connectivity index (χ2v) is 5.09. The van der Waals surface area contributed by atoms with Crippen molar-refractivity contribution in [1.82, 2.24) is 15.0 Å². The molecule has 0 aliphatic heterocycles. The molecule has 2 rings (SSSR count). The van der Waals surface area contributed by atoms with E-state index in [0.717, 1.165) is 10.5 Å². The average molecular weight is 291 g/mol. The van der Waals surface area contributed by atoms with Gasteiger partial charge in [-0.05, 0) is 24.6 Å². The van der Waals surface area contributed by atoms with E-state index in [1.165, 1.54) is 11.8 Å². The summed E-state index contributed by atoms with van der Waals surface area (Å²) in [6.45, 7) is 1.76. The fourth-order valence-corrected chi connectivity index (χ4v) is 2.38. The first-order valence-electron chi connectivity index (χ1n) is 5.68. The minimum absolute atomic E-state index is 0.0724. The number of nitrogens with zero attached hydrogens (tertiary/aromatic N) is 3. The van der Waals surface area contributed by atoms with Crippen molar-refractivity contribution < 1.29 is 9.90 Å². The number of thioether (sulfide) groups is 1. The molecule has 0 saturated carbocycles. The first-order valence-corrected chi connectivity index (χ1v) is 6.67. The van der Waals surface area contributed by atoms with E-state index in [-0.39, 0.29) is 17.5 Å². The molecule has 104 valence electrons. The topological polar surface area (TPSA) is 128 Å². The quantitative estimate of drug-likeness (QED) is 0.720. The first kappa shape index (κ1) is 14.1. The van der Waals surface area contributed by atoms with Crippen LogP contribution in [0.15, 0.2) is 23.1 Å². The molecule has 0 spiro atoms. The highest BCUT2D eigenvalue weighted by Gasteiger charge is 2.09. The lowest BCUT2D eigenvalue weighted by Crippen LogP contribution is -2.06. The van der Waals surface area contributed by atoms with Crippen LogP contribution >= 0.6 is 11.8 Å². The van der Waals surface area contributed by atoms with Gasteiger partial charge in [0.05, 0.1) is 11.3 Å². The molecule has 5 N–H and O–H groups in total. The maximum absolute atomic E-state index is 11.1. The number of aromatic nitrogens is 3. The summed E-state index contributed by atoms with van der Waals surface area (Å²) in [5.41, 5.74) is 12.0. The van der Waals surface area contributed by atoms with Gasteiger partial charge in [0.25, 0.3) is 0 Å². The summed E-state index contributed by atoms with van der Waals surface area (Å²) in [4.78, 5) is 23.5. The van der Waals surface area contributed by atoms with Crippen LogP contribution in [0.5, 0.6) is 0 Å². The van der Waals surface area contributed by atoms with Gasteiger partial charge in [-0.15, -0.1) is 11.8 Å². The molecule has 0 radical (unpaired) electrons. The van der Waals surface area contributed by atoms with Crippen molar-refractivity contribution in [2.75, 3.05) is 11.5 Å². The van der Waals surface area contributed by atoms with Crippen molar-refractivity contribution in [3.05, 3.63) is 35.2 Å². The SMILES string of the molecule is Cc1ccc(SCc2nc(N)nc(N)n2)cc1C(=O)O. The van der Waals surface area contributed by atoms with E-state index in [2.05, 4.69) is 15.0 Å². The Kier molecular flexibility index (Phi) is 4.04. The molecular formula is C12H13N5O2S. The van der Waals surface area contributed by atoms with E-state index >= 15 is 0 Å². The molecule has 0 amide bonds. The van der Waals surface area contributed by atoms with Gasteiger partial charge in [-0.25, -0.2) is 4.79 Å². The zero-order valence-corrected chi connectivity index (χ0v) is 11.5. The molecule has 20 heavy (non-hydrogen) atoms. The number of nitrogen functional groups attached to an aromatic ring is 2. The molecule has 2 aromatic rings. The Morgan fingerprint density at radius 3 is 2.50 bits per heavy atom. The minimum Gasteiger partial charge on any atom is -0.478 e. The predicted octanol–water partition coefficient (Wildman–Crippen LogP) is 1.33. The fraction of sp³-hybridized carbons (Fsp3) is 0.167. The maximum atomic E-state index is 11.1. The van der Waals surface area contributed by atoms with Crippen molar-refractivity contribution in [2.24, 2.45) is 0 Å². The third kappa shape index (κ3) is 3.35. The second-order valence-electron chi connectivity index (χ2n) is 4.04. The van der Waals surface area contributed by atoms with E-state index in [4.69, 9.17) is 16.6 Å². The first-order chi connectivity index (χ1) is 9.45. The normalized spacial score (nSPS) is 10.4. The number of rotatable bonds is 4. The van der Waals surface area contributed by atoms with Gasteiger partial charge in [0, 0.05) is 4.90 Å². The van der Waals surface area contributed by atoms with Crippen molar-refractivity contribution in [2.45, 2.75) is 17.6 Å². The minimum atomic E-state index is -0.946. The number of benzene rings is 1. The fourth-order valence-electron chi connectivity index (χ4n) is 1.59. The van der Waals surface area contributed by atoms with Crippen LogP contribution in [0.25, 0.3) is 0 Å². The van der Waals surface area contributed by atoms with Crippen molar-refractivity contribution >= 4 is 29.6 Å². The number of carboxylic acid groups (broad SMARTS) is 1. The Morgan fingerprint density at radius 2 is 1.90 bits per heavy atom. The Labute approximate surface area is 119 Å². The summed E-state index contributed by atoms with van der Waals surface area (Å²) >= 11 is 1.40. The number of carboxylic acids is 1. The van der Waals surface area contributed by atoms with Gasteiger partial charge in [-0.1, -0.05) is 6.07 Å². The van der Waals surface area contributed by atoms with E-state index in [0.29, 0.717) is 11.6 Å². The van der Waals surface area contributed by atoms with E-state index < -0.39 is 5.97 Å². The summed E-state index contributed by atoms with van der Waals surface area (Å²) < 4.78 is 0. The van der Waals surface area contributed by atoms with Crippen LogP contribution in [-0.4, -0.2) is 26.0 Å². The number of nitrogens with two attached hydrogens (primary N) is 2. The Hall–Kier alpha value is -2.35. The van der Waals surface area contributed by atoms with Crippen LogP contribution in [0.2, 0.25) is 0 Å². The van der Waals surface area contributed by atoms with Crippen LogP contribution in [-0.2, 0) is 5.75 Å². The van der Waals surface area contributed by atoms with Crippen molar-refractivity contribution in [3.63, 3.8) is 0 Å². The zero-order chi connectivity index (χ0) is 14.7. The Bertz CT molecular complexity index is 642. The number of aryl methyl sites for hydroxylation is 1. The third-order valence-corrected chi connectivity index (χ3v) is 3.51. The smallest absolute Gasteiger partial charge is 0.335 e. The molecule has 0 bridgehead atoms. The van der Waals surface area contributed by atoms with Crippen LogP contribution in [0.1, 0.15) is 21.7 Å². The van der Waals surface area contributed by atoms with Gasteiger partial charge in [-0.2, -0.15) is 15.0 Å². The van der Waals surface area contributed by atoms with E-state index in [9.17, 15) is 4.79 Å². The lowest BCUT2D eigenvalue weighted by Gasteiger charge is -2.05. The monoisotopic (exact) mass is 291 g/mol. The molecule has 7 nitrogen and oxygen atoms in total. The van der Waals surface area contributed by atoms with Crippen LogP contribution in [0.3, 0.4) is 0 Å². The van der Waals surface area contributed by atoms with Crippen LogP contribution < -0.4 is 11.5 Å². The molecule has 1 heterocycles. The summed E-state index contributed by atoms with van der Waals surface area (Å²) in [7, 11) is 0. The highest BCUT2D eigenvalue weighted by Crippen LogP contribution is 2.24. The van der Waals surface area contributed by atoms with Gasteiger partial charge in [0.15, 0.2) is 0 Å². The number of aromatic carboxylic acids is 1. The molecule has 0 aliphatic carbocycles. The highest BCUT2D eigenvalue weighted by molar-refractivity contribution is 7.98. The summed E-state index contributed by atoms with van der Waals surface area (Å²) in [5.74, 6) is 0.0847. The van der Waals surface area contributed by atoms with Gasteiger partial charge < -0.3 is 16.6 Å². The zero-order valence-electron chi connectivity index (χ0n) is 10.7. The Morgan fingerprint density at radius 1 is 1.25 bits per heavy atom. The predicted molar refractivity (Wildman–Crippen MR) is 76.4 cm³/mol. The van der Waals surface area contributed by atoms with Crippen molar-refractivity contribution in [1.29, 1.82) is 0 Å². The van der Waals surface area contributed by atoms with E-state index in [1.807, 2.05) is 6.07 Å². The Balaban J connectivity index is 2.14. The summed E-state index contributed by atoms with van der Waals surface area (Å²) in [6, 6.07) is 5.23. The third-order valence-electron chi connectivity index (χ3n) is 2.52. The van der Waals surface area contributed by atoms with Crippen LogP contribution in [0.4, 0.5) is 11.9 Å². The lowest BCUT2D eigenvalue weighted by molar-refractivity contribution is 0.0696. The number of carbonyl (C=O) groups is 1. The second kappa shape index (κ2) is 5.74. The summed E-state index contributed by atoms with van der Waals surface area (Å²) in [6.07, 6.45) is 0. The maximum Gasteiger partial charge on any atom is 0.335 e.